The van der Waals surface area contributed by atoms with E-state index in [1.54, 1.807) is 32.6 Å². The molecule has 4 aromatic carbocycles. The van der Waals surface area contributed by atoms with E-state index >= 15 is 0 Å². The first kappa shape index (κ1) is 25.6. The van der Waals surface area contributed by atoms with Gasteiger partial charge in [-0.25, -0.2) is 0 Å². The first-order valence-corrected chi connectivity index (χ1v) is 23.7. The summed E-state index contributed by atoms with van der Waals surface area (Å²) in [6.07, 6.45) is 7.36. The van der Waals surface area contributed by atoms with E-state index in [-0.39, 0.29) is 0 Å². The van der Waals surface area contributed by atoms with Crippen molar-refractivity contribution in [2.75, 3.05) is 0 Å². The normalized spacial score (nSPS) is 19.3. The van der Waals surface area contributed by atoms with Gasteiger partial charge in [0.2, 0.25) is 0 Å². The molecular weight excluding hydrogens is 508 g/mol. The molecule has 191 valence electrons. The van der Waals surface area contributed by atoms with Crippen molar-refractivity contribution in [3.8, 4) is 0 Å². The van der Waals surface area contributed by atoms with Gasteiger partial charge in [0.25, 0.3) is 0 Å². The summed E-state index contributed by atoms with van der Waals surface area (Å²) < 4.78 is 1.05. The molecule has 2 heteroatoms. The summed E-state index contributed by atoms with van der Waals surface area (Å²) in [6, 6.07) is 42.0. The molecule has 38 heavy (non-hydrogen) atoms. The van der Waals surface area contributed by atoms with Gasteiger partial charge < -0.3 is 0 Å². The third-order valence-electron chi connectivity index (χ3n) is 9.85. The maximum atomic E-state index is 2.88. The van der Waals surface area contributed by atoms with Gasteiger partial charge in [-0.15, -0.1) is 0 Å². The molecule has 0 aliphatic heterocycles. The Morgan fingerprint density at radius 2 is 0.895 bits per heavy atom. The zero-order chi connectivity index (χ0) is 26.4. The van der Waals surface area contributed by atoms with Crippen LogP contribution in [0.2, 0.25) is 10.5 Å². The average Bonchev–Trinajstić information content (AvgIpc) is 3.54. The van der Waals surface area contributed by atoms with Crippen molar-refractivity contribution in [3.63, 3.8) is 0 Å². The fourth-order valence-corrected chi connectivity index (χ4v) is 39.9. The zero-order valence-electron chi connectivity index (χ0n) is 23.2. The van der Waals surface area contributed by atoms with Crippen LogP contribution in [-0.4, -0.2) is 6.66 Å². The number of rotatable bonds is 7. The molecule has 2 atom stereocenters. The molecule has 0 radical (unpaired) electrons. The van der Waals surface area contributed by atoms with E-state index in [9.17, 15) is 0 Å². The molecule has 2 unspecified atom stereocenters. The molecule has 0 saturated heterocycles. The Hall–Kier alpha value is -2.71. The first-order valence-electron chi connectivity index (χ1n) is 14.4. The van der Waals surface area contributed by atoms with Gasteiger partial charge in [0.05, 0.1) is 0 Å². The van der Waals surface area contributed by atoms with Crippen LogP contribution >= 0.6 is 0 Å². The monoisotopic (exact) mass is 547 g/mol. The predicted molar refractivity (Wildman–Crippen MR) is 166 cm³/mol. The second kappa shape index (κ2) is 9.79. The van der Waals surface area contributed by atoms with Crippen LogP contribution in [0.1, 0.15) is 57.4 Å². The minimum absolute atomic E-state index is 0.524. The Bertz CT molecular complexity index is 1420. The molecule has 6 rings (SSSR count). The third-order valence-corrected chi connectivity index (χ3v) is 36.0. The van der Waals surface area contributed by atoms with Crippen LogP contribution in [0.15, 0.2) is 120 Å². The van der Waals surface area contributed by atoms with Crippen molar-refractivity contribution >= 4 is 29.2 Å². The van der Waals surface area contributed by atoms with E-state index in [1.165, 1.54) is 11.1 Å². The van der Waals surface area contributed by atoms with Gasteiger partial charge in [-0.05, 0) is 0 Å². The molecular formula is C36H39SiTi. The van der Waals surface area contributed by atoms with Crippen LogP contribution in [0.3, 0.4) is 0 Å². The second-order valence-electron chi connectivity index (χ2n) is 12.3. The Morgan fingerprint density at radius 3 is 1.29 bits per heavy atom. The number of benzene rings is 4. The van der Waals surface area contributed by atoms with Crippen molar-refractivity contribution in [2.45, 2.75) is 45.6 Å². The quantitative estimate of drug-likeness (QED) is 0.204. The summed E-state index contributed by atoms with van der Waals surface area (Å²) >= 11 is -3.72. The Balaban J connectivity index is 1.75. The second-order valence-corrected chi connectivity index (χ2v) is 35.0. The van der Waals surface area contributed by atoms with Crippen molar-refractivity contribution in [1.82, 2.24) is 0 Å². The van der Waals surface area contributed by atoms with Gasteiger partial charge in [-0.1, -0.05) is 0 Å². The fraction of sp³-hybridized carbons (Fsp3) is 0.222. The summed E-state index contributed by atoms with van der Waals surface area (Å²) in [5, 5.41) is 8.97. The standard InChI is InChI=1S/C12H11Si.2C11H11.2CH3.Ti/c1-3-7-11(8-4-1)13-12-9-5-2-6-10-12;2*1-2-9-7-10-5-3-4-6-11(10)8-9;;;/h1-10,13H;2*3-8H,2H2,1H3;2*1H3;. The van der Waals surface area contributed by atoms with E-state index in [2.05, 4.69) is 146 Å². The van der Waals surface area contributed by atoms with Gasteiger partial charge in [-0.3, -0.25) is 0 Å². The molecule has 0 N–H and O–H groups in total. The molecule has 2 aliphatic carbocycles. The van der Waals surface area contributed by atoms with Crippen LogP contribution in [0.25, 0.3) is 12.2 Å². The van der Waals surface area contributed by atoms with E-state index in [1.807, 2.05) is 0 Å². The Labute approximate surface area is 230 Å². The molecule has 0 aromatic heterocycles. The van der Waals surface area contributed by atoms with Gasteiger partial charge in [-0.2, -0.15) is 0 Å². The maximum absolute atomic E-state index is 3.72. The van der Waals surface area contributed by atoms with Crippen LogP contribution in [0, 0.1) is 0 Å². The molecule has 0 amide bonds. The average molecular weight is 548 g/mol. The number of fused-ring (bicyclic) bond motifs is 2. The molecule has 2 aliphatic rings. The summed E-state index contributed by atoms with van der Waals surface area (Å²) in [5.41, 5.74) is 9.42. The van der Waals surface area contributed by atoms with E-state index in [4.69, 9.17) is 0 Å². The summed E-state index contributed by atoms with van der Waals surface area (Å²) in [4.78, 5) is 0. The number of hydrogen-bond acceptors (Lipinski definition) is 0. The SMILES string of the molecule is CCC1=Cc2ccccc2[CH]1[Ti]([CH3])([CH3])([CH]1C(CC)=Cc2ccccc21)[SiH](c1ccccc1)c1ccccc1. The summed E-state index contributed by atoms with van der Waals surface area (Å²) in [5.74, 6) is 0. The van der Waals surface area contributed by atoms with Crippen molar-refractivity contribution in [2.24, 2.45) is 0 Å². The molecule has 0 nitrogen and oxygen atoms in total. The topological polar surface area (TPSA) is 0 Å². The van der Waals surface area contributed by atoms with Crippen LogP contribution in [0.5, 0.6) is 0 Å². The van der Waals surface area contributed by atoms with Crippen LogP contribution < -0.4 is 10.4 Å². The van der Waals surface area contributed by atoms with E-state index in [0.717, 1.165) is 12.8 Å². The van der Waals surface area contributed by atoms with Crippen LogP contribution in [-0.2, 0) is 14.6 Å². The first-order chi connectivity index (χ1) is 18.5. The Morgan fingerprint density at radius 1 is 0.526 bits per heavy atom. The molecule has 0 spiro atoms. The van der Waals surface area contributed by atoms with Crippen molar-refractivity contribution < 1.29 is 14.6 Å². The summed E-state index contributed by atoms with van der Waals surface area (Å²) in [6.45, 7) is 3.06. The zero-order valence-corrected chi connectivity index (χ0v) is 25.9. The summed E-state index contributed by atoms with van der Waals surface area (Å²) in [7, 11) is 0. The Kier molecular flexibility index (Phi) is 6.59. The van der Waals surface area contributed by atoms with Gasteiger partial charge in [0.15, 0.2) is 0 Å². The van der Waals surface area contributed by atoms with Crippen molar-refractivity contribution in [3.05, 3.63) is 143 Å². The predicted octanol–water partition coefficient (Wildman–Crippen LogP) is 8.41. The molecule has 0 saturated carbocycles. The number of hydrogen-bond donors (Lipinski definition) is 0. The van der Waals surface area contributed by atoms with Crippen LogP contribution in [0.4, 0.5) is 0 Å². The number of allylic oxidation sites excluding steroid dienone is 2. The van der Waals surface area contributed by atoms with E-state index in [0.29, 0.717) is 8.45 Å². The van der Waals surface area contributed by atoms with Gasteiger partial charge >= 0.3 is 232 Å². The third kappa shape index (κ3) is 3.82. The molecule has 0 heterocycles. The molecule has 0 bridgehead atoms. The van der Waals surface area contributed by atoms with Gasteiger partial charge in [0.1, 0.15) is 0 Å². The fourth-order valence-electron chi connectivity index (χ4n) is 8.57. The van der Waals surface area contributed by atoms with Gasteiger partial charge in [0, 0.05) is 0 Å². The minimum atomic E-state index is -3.72. The van der Waals surface area contributed by atoms with E-state index < -0.39 is 21.2 Å². The molecule has 0 fully saturated rings. The molecule has 4 aromatic rings. The van der Waals surface area contributed by atoms with Crippen molar-refractivity contribution in [1.29, 1.82) is 0 Å².